The molecule has 0 atom stereocenters. The maximum absolute atomic E-state index is 13.5. The minimum Gasteiger partial charge on any atom is -0.269 e. The Bertz CT molecular complexity index is 751. The van der Waals surface area contributed by atoms with Gasteiger partial charge in [0.25, 0.3) is 5.91 Å². The molecule has 1 aliphatic heterocycles. The van der Waals surface area contributed by atoms with Crippen LogP contribution >= 0.6 is 11.6 Å². The van der Waals surface area contributed by atoms with Crippen LogP contribution in [0.3, 0.4) is 0 Å². The Hall–Kier alpha value is -2.27. The van der Waals surface area contributed by atoms with Crippen molar-refractivity contribution >= 4 is 29.0 Å². The average Bonchev–Trinajstić information content (AvgIpc) is 2.42. The average molecular weight is 323 g/mol. The molecule has 1 aromatic rings. The standard InChI is InChI=1S/C16H13ClF2N2O/c1-4-12-9(2)7-15(22)21(16(12)20-10(3)17)11-5-6-13(18)14(19)8-11/h4-8H,3H2,1-2H3/b12-4-,20-16+. The topological polar surface area (TPSA) is 32.7 Å². The third-order valence-electron chi connectivity index (χ3n) is 3.12. The second-order valence-corrected chi connectivity index (χ2v) is 5.05. The van der Waals surface area contributed by atoms with E-state index >= 15 is 0 Å². The highest BCUT2D eigenvalue weighted by molar-refractivity contribution is 6.34. The number of amides is 1. The van der Waals surface area contributed by atoms with E-state index in [1.54, 1.807) is 19.9 Å². The third-order valence-corrected chi connectivity index (χ3v) is 3.20. The third kappa shape index (κ3) is 2.99. The van der Waals surface area contributed by atoms with Crippen molar-refractivity contribution in [2.75, 3.05) is 4.90 Å². The van der Waals surface area contributed by atoms with Gasteiger partial charge in [0.2, 0.25) is 0 Å². The van der Waals surface area contributed by atoms with Crippen LogP contribution in [0.4, 0.5) is 14.5 Å². The van der Waals surface area contributed by atoms with Crippen molar-refractivity contribution in [1.29, 1.82) is 0 Å². The molecule has 3 nitrogen and oxygen atoms in total. The molecular weight excluding hydrogens is 310 g/mol. The van der Waals surface area contributed by atoms with Gasteiger partial charge in [-0.25, -0.2) is 13.8 Å². The maximum atomic E-state index is 13.5. The molecule has 1 aromatic carbocycles. The van der Waals surface area contributed by atoms with E-state index in [1.807, 2.05) is 0 Å². The lowest BCUT2D eigenvalue weighted by Gasteiger charge is -2.29. The zero-order valence-electron chi connectivity index (χ0n) is 12.0. The van der Waals surface area contributed by atoms with Gasteiger partial charge < -0.3 is 0 Å². The molecular formula is C16H13ClF2N2O. The molecule has 0 aliphatic carbocycles. The fourth-order valence-corrected chi connectivity index (χ4v) is 2.26. The lowest BCUT2D eigenvalue weighted by molar-refractivity contribution is -0.113. The highest BCUT2D eigenvalue weighted by Crippen LogP contribution is 2.28. The van der Waals surface area contributed by atoms with Crippen LogP contribution in [0.5, 0.6) is 0 Å². The first-order valence-electron chi connectivity index (χ1n) is 6.42. The Balaban J connectivity index is 2.67. The number of hydrogen-bond donors (Lipinski definition) is 0. The van der Waals surface area contributed by atoms with E-state index in [0.29, 0.717) is 11.1 Å². The summed E-state index contributed by atoms with van der Waals surface area (Å²) < 4.78 is 26.6. The summed E-state index contributed by atoms with van der Waals surface area (Å²) in [5.41, 5.74) is 1.51. The molecule has 0 fully saturated rings. The van der Waals surface area contributed by atoms with Gasteiger partial charge in [0, 0.05) is 17.7 Å². The zero-order valence-corrected chi connectivity index (χ0v) is 12.8. The molecule has 0 saturated heterocycles. The van der Waals surface area contributed by atoms with Crippen molar-refractivity contribution in [2.24, 2.45) is 4.99 Å². The number of anilines is 1. The summed E-state index contributed by atoms with van der Waals surface area (Å²) in [6.45, 7) is 7.02. The van der Waals surface area contributed by atoms with Crippen LogP contribution in [-0.4, -0.2) is 11.7 Å². The van der Waals surface area contributed by atoms with Crippen molar-refractivity contribution in [3.05, 3.63) is 64.9 Å². The number of carbonyl (C=O) groups excluding carboxylic acids is 1. The lowest BCUT2D eigenvalue weighted by atomic mass is 10.00. The number of carbonyl (C=O) groups is 1. The van der Waals surface area contributed by atoms with Crippen molar-refractivity contribution < 1.29 is 13.6 Å². The molecule has 0 spiro atoms. The van der Waals surface area contributed by atoms with Gasteiger partial charge in [-0.05, 0) is 31.6 Å². The smallest absolute Gasteiger partial charge is 0.257 e. The summed E-state index contributed by atoms with van der Waals surface area (Å²) in [7, 11) is 0. The Morgan fingerprint density at radius 1 is 1.36 bits per heavy atom. The molecule has 0 bridgehead atoms. The number of allylic oxidation sites excluding steroid dienone is 1. The Morgan fingerprint density at radius 3 is 2.59 bits per heavy atom. The minimum atomic E-state index is -1.05. The Morgan fingerprint density at radius 2 is 2.05 bits per heavy atom. The predicted octanol–water partition coefficient (Wildman–Crippen LogP) is 4.31. The molecule has 1 amide bonds. The summed E-state index contributed by atoms with van der Waals surface area (Å²) in [5.74, 6) is -2.25. The normalized spacial score (nSPS) is 18.9. The second kappa shape index (κ2) is 6.23. The number of benzene rings is 1. The molecule has 1 aliphatic rings. The van der Waals surface area contributed by atoms with E-state index < -0.39 is 17.5 Å². The fraction of sp³-hybridized carbons (Fsp3) is 0.125. The van der Waals surface area contributed by atoms with Crippen LogP contribution in [0, 0.1) is 11.6 Å². The van der Waals surface area contributed by atoms with Crippen LogP contribution in [0.1, 0.15) is 13.8 Å². The molecule has 0 aromatic heterocycles. The first-order valence-corrected chi connectivity index (χ1v) is 6.80. The van der Waals surface area contributed by atoms with Gasteiger partial charge in [0.15, 0.2) is 11.6 Å². The Labute approximate surface area is 131 Å². The van der Waals surface area contributed by atoms with Crippen molar-refractivity contribution in [3.8, 4) is 0 Å². The molecule has 2 rings (SSSR count). The first kappa shape index (κ1) is 16.1. The molecule has 1 heterocycles. The molecule has 6 heteroatoms. The van der Waals surface area contributed by atoms with Crippen LogP contribution in [0.2, 0.25) is 0 Å². The molecule has 22 heavy (non-hydrogen) atoms. The van der Waals surface area contributed by atoms with Gasteiger partial charge in [-0.1, -0.05) is 24.3 Å². The summed E-state index contributed by atoms with van der Waals surface area (Å²) in [6, 6.07) is 3.18. The van der Waals surface area contributed by atoms with E-state index in [4.69, 9.17) is 11.6 Å². The van der Waals surface area contributed by atoms with E-state index in [0.717, 1.165) is 12.1 Å². The summed E-state index contributed by atoms with van der Waals surface area (Å²) in [6.07, 6.45) is 3.15. The highest BCUT2D eigenvalue weighted by atomic mass is 35.5. The Kier molecular flexibility index (Phi) is 4.56. The number of amidine groups is 1. The van der Waals surface area contributed by atoms with E-state index in [2.05, 4.69) is 11.6 Å². The molecule has 0 saturated carbocycles. The number of aliphatic imine (C=N–C) groups is 1. The lowest BCUT2D eigenvalue weighted by Crippen LogP contribution is -2.40. The number of nitrogens with zero attached hydrogens (tertiary/aromatic N) is 2. The van der Waals surface area contributed by atoms with Gasteiger partial charge >= 0.3 is 0 Å². The van der Waals surface area contributed by atoms with Gasteiger partial charge in [-0.2, -0.15) is 0 Å². The summed E-state index contributed by atoms with van der Waals surface area (Å²) in [4.78, 5) is 17.5. The fourth-order valence-electron chi connectivity index (χ4n) is 2.18. The number of hydrogen-bond acceptors (Lipinski definition) is 2. The van der Waals surface area contributed by atoms with Gasteiger partial charge in [-0.15, -0.1) is 0 Å². The largest absolute Gasteiger partial charge is 0.269 e. The van der Waals surface area contributed by atoms with E-state index in [1.165, 1.54) is 17.0 Å². The SMILES string of the molecule is C=C(Cl)/N=C1\C(=C/C)C(C)=CC(=O)N1c1ccc(F)c(F)c1. The molecule has 0 radical (unpaired) electrons. The van der Waals surface area contributed by atoms with Crippen molar-refractivity contribution in [3.63, 3.8) is 0 Å². The van der Waals surface area contributed by atoms with E-state index in [-0.39, 0.29) is 16.7 Å². The van der Waals surface area contributed by atoms with Crippen LogP contribution in [-0.2, 0) is 4.79 Å². The highest BCUT2D eigenvalue weighted by Gasteiger charge is 2.29. The summed E-state index contributed by atoms with van der Waals surface area (Å²) in [5, 5.41) is -0.0237. The second-order valence-electron chi connectivity index (χ2n) is 4.61. The van der Waals surface area contributed by atoms with Gasteiger partial charge in [0.1, 0.15) is 11.0 Å². The molecule has 114 valence electrons. The monoisotopic (exact) mass is 322 g/mol. The quantitative estimate of drug-likeness (QED) is 0.747. The number of rotatable bonds is 2. The zero-order chi connectivity index (χ0) is 16.4. The predicted molar refractivity (Wildman–Crippen MR) is 83.8 cm³/mol. The van der Waals surface area contributed by atoms with Crippen LogP contribution in [0.25, 0.3) is 0 Å². The van der Waals surface area contributed by atoms with Crippen molar-refractivity contribution in [2.45, 2.75) is 13.8 Å². The number of halogens is 3. The minimum absolute atomic E-state index is 0.0237. The van der Waals surface area contributed by atoms with Crippen LogP contribution < -0.4 is 4.90 Å². The van der Waals surface area contributed by atoms with Gasteiger partial charge in [-0.3, -0.25) is 9.69 Å². The van der Waals surface area contributed by atoms with Gasteiger partial charge in [0.05, 0.1) is 5.69 Å². The van der Waals surface area contributed by atoms with E-state index in [9.17, 15) is 13.6 Å². The summed E-state index contributed by atoms with van der Waals surface area (Å²) >= 11 is 5.74. The molecule has 0 unspecified atom stereocenters. The first-order chi connectivity index (χ1) is 10.3. The van der Waals surface area contributed by atoms with Crippen molar-refractivity contribution in [1.82, 2.24) is 0 Å². The van der Waals surface area contributed by atoms with Crippen LogP contribution in [0.15, 0.2) is 58.2 Å². The maximum Gasteiger partial charge on any atom is 0.257 e. The molecule has 0 N–H and O–H groups in total.